The van der Waals surface area contributed by atoms with Gasteiger partial charge in [-0.15, -0.1) is 0 Å². The maximum Gasteiger partial charge on any atom is 0.472 e. The smallest absolute Gasteiger partial charge is 0.462 e. The molecular formula is C70H136O17P2. The maximum absolute atomic E-state index is 13.0. The molecule has 0 saturated heterocycles. The Morgan fingerprint density at radius 1 is 0.315 bits per heavy atom. The Bertz CT molecular complexity index is 1770. The number of phosphoric acid groups is 2. The summed E-state index contributed by atoms with van der Waals surface area (Å²) in [6.45, 7) is 14.1. The number of carbonyl (C=O) groups is 4. The zero-order chi connectivity index (χ0) is 66.1. The van der Waals surface area contributed by atoms with Crippen LogP contribution in [0, 0.1) is 23.7 Å². The van der Waals surface area contributed by atoms with Crippen LogP contribution in [0.25, 0.3) is 0 Å². The number of rotatable bonds is 67. The van der Waals surface area contributed by atoms with Gasteiger partial charge in [-0.1, -0.05) is 293 Å². The van der Waals surface area contributed by atoms with Crippen molar-refractivity contribution in [2.24, 2.45) is 23.7 Å². The molecule has 0 aromatic rings. The Kier molecular flexibility index (Phi) is 58.5. The van der Waals surface area contributed by atoms with Crippen molar-refractivity contribution in [3.63, 3.8) is 0 Å². The Labute approximate surface area is 543 Å². The molecule has 0 amide bonds. The van der Waals surface area contributed by atoms with Crippen LogP contribution in [0.4, 0.5) is 0 Å². The molecule has 0 spiro atoms. The average Bonchev–Trinajstić information content (AvgIpc) is 3.70. The molecule has 0 bridgehead atoms. The van der Waals surface area contributed by atoms with Crippen LogP contribution in [0.3, 0.4) is 0 Å². The van der Waals surface area contributed by atoms with Crippen molar-refractivity contribution in [2.45, 2.75) is 363 Å². The molecular weight excluding hydrogens is 1170 g/mol. The first-order valence-corrected chi connectivity index (χ1v) is 39.2. The molecule has 0 radical (unpaired) electrons. The van der Waals surface area contributed by atoms with Crippen molar-refractivity contribution in [2.75, 3.05) is 39.6 Å². The van der Waals surface area contributed by atoms with Crippen molar-refractivity contribution < 1.29 is 80.2 Å². The minimum absolute atomic E-state index is 0.102. The summed E-state index contributed by atoms with van der Waals surface area (Å²) in [6, 6.07) is 0. The second-order valence-electron chi connectivity index (χ2n) is 26.9. The molecule has 528 valence electrons. The lowest BCUT2D eigenvalue weighted by molar-refractivity contribution is -0.161. The summed E-state index contributed by atoms with van der Waals surface area (Å²) in [7, 11) is -9.90. The summed E-state index contributed by atoms with van der Waals surface area (Å²) >= 11 is 0. The molecule has 0 fully saturated rings. The molecule has 0 heterocycles. The monoisotopic (exact) mass is 1310 g/mol. The molecule has 89 heavy (non-hydrogen) atoms. The van der Waals surface area contributed by atoms with Crippen LogP contribution >= 0.6 is 15.6 Å². The number of carbonyl (C=O) groups excluding carboxylic acids is 4. The first-order chi connectivity index (χ1) is 42.6. The summed E-state index contributed by atoms with van der Waals surface area (Å²) < 4.78 is 68.3. The number of unbranched alkanes of at least 4 members (excludes halogenated alkanes) is 32. The van der Waals surface area contributed by atoms with E-state index in [-0.39, 0.29) is 25.7 Å². The van der Waals surface area contributed by atoms with E-state index in [0.29, 0.717) is 31.6 Å². The predicted octanol–water partition coefficient (Wildman–Crippen LogP) is 19.7. The van der Waals surface area contributed by atoms with Gasteiger partial charge in [0.1, 0.15) is 19.3 Å². The van der Waals surface area contributed by atoms with Crippen molar-refractivity contribution >= 4 is 39.5 Å². The highest BCUT2D eigenvalue weighted by atomic mass is 31.2. The van der Waals surface area contributed by atoms with E-state index in [2.05, 4.69) is 55.4 Å². The van der Waals surface area contributed by atoms with Crippen LogP contribution < -0.4 is 0 Å². The van der Waals surface area contributed by atoms with Crippen LogP contribution in [0.2, 0.25) is 0 Å². The predicted molar refractivity (Wildman–Crippen MR) is 358 cm³/mol. The zero-order valence-corrected chi connectivity index (χ0v) is 59.8. The molecule has 0 aliphatic rings. The zero-order valence-electron chi connectivity index (χ0n) is 58.1. The largest absolute Gasteiger partial charge is 0.472 e. The topological polar surface area (TPSA) is 237 Å². The van der Waals surface area contributed by atoms with Crippen LogP contribution in [-0.2, 0) is 65.4 Å². The Balaban J connectivity index is 5.23. The Morgan fingerprint density at radius 2 is 0.539 bits per heavy atom. The van der Waals surface area contributed by atoms with E-state index in [9.17, 15) is 43.2 Å². The van der Waals surface area contributed by atoms with Crippen LogP contribution in [-0.4, -0.2) is 96.7 Å². The van der Waals surface area contributed by atoms with E-state index in [0.717, 1.165) is 114 Å². The number of aliphatic hydroxyl groups is 1. The second kappa shape index (κ2) is 59.8. The summed E-state index contributed by atoms with van der Waals surface area (Å²) in [5.41, 5.74) is 0. The molecule has 0 saturated carbocycles. The number of aliphatic hydroxyl groups excluding tert-OH is 1. The third-order valence-electron chi connectivity index (χ3n) is 16.4. The van der Waals surface area contributed by atoms with Gasteiger partial charge >= 0.3 is 39.5 Å². The number of ether oxygens (including phenoxy) is 4. The lowest BCUT2D eigenvalue weighted by atomic mass is 10.00. The van der Waals surface area contributed by atoms with Gasteiger partial charge in [-0.25, -0.2) is 9.13 Å². The van der Waals surface area contributed by atoms with Gasteiger partial charge in [0, 0.05) is 25.7 Å². The molecule has 0 aliphatic carbocycles. The number of hydrogen-bond acceptors (Lipinski definition) is 15. The minimum Gasteiger partial charge on any atom is -0.462 e. The summed E-state index contributed by atoms with van der Waals surface area (Å²) in [5.74, 6) is 0.838. The summed E-state index contributed by atoms with van der Waals surface area (Å²) in [5, 5.41) is 10.6. The van der Waals surface area contributed by atoms with E-state index < -0.39 is 97.5 Å². The fraction of sp³-hybridized carbons (Fsp3) is 0.943. The molecule has 6 atom stereocenters. The number of phosphoric ester groups is 2. The third kappa shape index (κ3) is 63.2. The molecule has 0 aromatic carbocycles. The average molecular weight is 1310 g/mol. The van der Waals surface area contributed by atoms with Crippen molar-refractivity contribution in [3.8, 4) is 0 Å². The van der Waals surface area contributed by atoms with E-state index >= 15 is 0 Å². The highest BCUT2D eigenvalue weighted by Crippen LogP contribution is 2.45. The van der Waals surface area contributed by atoms with E-state index in [1.54, 1.807) is 0 Å². The van der Waals surface area contributed by atoms with Gasteiger partial charge in [-0.2, -0.15) is 0 Å². The van der Waals surface area contributed by atoms with Gasteiger partial charge in [0.15, 0.2) is 12.2 Å². The molecule has 0 rings (SSSR count). The lowest BCUT2D eigenvalue weighted by Gasteiger charge is -2.21. The molecule has 0 aromatic heterocycles. The fourth-order valence-electron chi connectivity index (χ4n) is 10.5. The van der Waals surface area contributed by atoms with Gasteiger partial charge in [-0.05, 0) is 49.4 Å². The van der Waals surface area contributed by atoms with Crippen molar-refractivity contribution in [1.82, 2.24) is 0 Å². The Hall–Kier alpha value is -1.94. The van der Waals surface area contributed by atoms with Gasteiger partial charge in [0.25, 0.3) is 0 Å². The second-order valence-corrected chi connectivity index (χ2v) is 29.8. The van der Waals surface area contributed by atoms with E-state index in [1.807, 2.05) is 0 Å². The van der Waals surface area contributed by atoms with Crippen molar-refractivity contribution in [1.29, 1.82) is 0 Å². The van der Waals surface area contributed by atoms with Gasteiger partial charge in [0.05, 0.1) is 26.4 Å². The maximum atomic E-state index is 13.0. The van der Waals surface area contributed by atoms with Crippen LogP contribution in [0.1, 0.15) is 344 Å². The normalized spacial score (nSPS) is 14.6. The van der Waals surface area contributed by atoms with E-state index in [1.165, 1.54) is 141 Å². The SMILES string of the molecule is CCC(C)CCCCCCCCC(=O)O[C@H](COC(=O)CCCCCCCCCCCCC(C)C)COP(=O)(O)OCC(O)COP(=O)(O)OC[C@@H](COC(=O)CCCCCCCCCC(C)C)OC(=O)CCCCCCCCCCCCCCCC(C)C. The number of hydrogen-bond donors (Lipinski definition) is 3. The van der Waals surface area contributed by atoms with Crippen LogP contribution in [0.5, 0.6) is 0 Å². The standard InChI is InChI=1S/C70H136O17P2/c1-9-63(8)49-41-33-28-29-37-45-53-70(75)87-66(57-80-67(72)50-42-34-25-19-16-15-18-23-31-39-47-61(4)5)59-85-89(78,79)83-55-64(71)54-82-88(76,77)84-58-65(56-81-68(73)51-43-35-27-21-24-32-40-48-62(6)7)86-69(74)52-44-36-26-20-14-12-10-11-13-17-22-30-38-46-60(2)3/h60-66,71H,9-59H2,1-8H3,(H,76,77)(H,78,79)/t63?,64?,65-,66-/m1/s1. The number of esters is 4. The van der Waals surface area contributed by atoms with Crippen LogP contribution in [0.15, 0.2) is 0 Å². The quantitative estimate of drug-likeness (QED) is 0.0222. The van der Waals surface area contributed by atoms with Crippen molar-refractivity contribution in [3.05, 3.63) is 0 Å². The molecule has 0 aliphatic heterocycles. The van der Waals surface area contributed by atoms with Gasteiger partial charge in [-0.3, -0.25) is 37.3 Å². The lowest BCUT2D eigenvalue weighted by Crippen LogP contribution is -2.30. The fourth-order valence-corrected chi connectivity index (χ4v) is 12.0. The minimum atomic E-state index is -4.95. The molecule has 4 unspecified atom stereocenters. The highest BCUT2D eigenvalue weighted by molar-refractivity contribution is 7.47. The first kappa shape index (κ1) is 87.1. The van der Waals surface area contributed by atoms with Gasteiger partial charge < -0.3 is 33.8 Å². The van der Waals surface area contributed by atoms with E-state index in [4.69, 9.17) is 37.0 Å². The molecule has 3 N–H and O–H groups in total. The summed E-state index contributed by atoms with van der Waals surface area (Å²) in [6.07, 6.45) is 41.8. The molecule has 17 nitrogen and oxygen atoms in total. The Morgan fingerprint density at radius 3 is 0.798 bits per heavy atom. The highest BCUT2D eigenvalue weighted by Gasteiger charge is 2.30. The third-order valence-corrected chi connectivity index (χ3v) is 18.3. The molecule has 19 heteroatoms. The van der Waals surface area contributed by atoms with Gasteiger partial charge in [0.2, 0.25) is 0 Å². The summed E-state index contributed by atoms with van der Waals surface area (Å²) in [4.78, 5) is 72.5. The first-order valence-electron chi connectivity index (χ1n) is 36.2.